The average molecular weight is 383 g/mol. The maximum Gasteiger partial charge on any atom is 0.185 e. The Kier molecular flexibility index (Phi) is 3.92. The van der Waals surface area contributed by atoms with Crippen molar-refractivity contribution in [2.75, 3.05) is 5.32 Å². The van der Waals surface area contributed by atoms with Gasteiger partial charge in [0, 0.05) is 11.1 Å². The zero-order chi connectivity index (χ0) is 19.8. The van der Waals surface area contributed by atoms with Gasteiger partial charge in [-0.3, -0.25) is 4.68 Å². The lowest BCUT2D eigenvalue weighted by Crippen LogP contribution is -2.01. The highest BCUT2D eigenvalue weighted by Crippen LogP contribution is 2.25. The number of terminal acetylenes is 1. The largest absolute Gasteiger partial charge is 0.338 e. The van der Waals surface area contributed by atoms with Gasteiger partial charge in [0.1, 0.15) is 17.7 Å². The van der Waals surface area contributed by atoms with Gasteiger partial charge in [-0.2, -0.15) is 5.10 Å². The van der Waals surface area contributed by atoms with Crippen LogP contribution in [0.2, 0.25) is 0 Å². The van der Waals surface area contributed by atoms with E-state index in [1.807, 2.05) is 28.9 Å². The van der Waals surface area contributed by atoms with E-state index >= 15 is 0 Å². The zero-order valence-corrected chi connectivity index (χ0v) is 15.1. The number of aromatic amines is 1. The Balaban J connectivity index is 1.46. The smallest absolute Gasteiger partial charge is 0.185 e. The molecule has 5 rings (SSSR count). The summed E-state index contributed by atoms with van der Waals surface area (Å²) < 4.78 is 15.3. The highest BCUT2D eigenvalue weighted by atomic mass is 19.1. The van der Waals surface area contributed by atoms with Crippen LogP contribution in [0.3, 0.4) is 0 Å². The van der Waals surface area contributed by atoms with Gasteiger partial charge in [-0.25, -0.2) is 19.3 Å². The van der Waals surface area contributed by atoms with E-state index in [0.29, 0.717) is 29.4 Å². The molecule has 5 aromatic rings. The third kappa shape index (κ3) is 3.15. The van der Waals surface area contributed by atoms with E-state index in [2.05, 4.69) is 36.3 Å². The number of nitrogens with one attached hydrogen (secondary N) is 2. The minimum Gasteiger partial charge on any atom is -0.338 e. The molecule has 0 aliphatic carbocycles. The summed E-state index contributed by atoms with van der Waals surface area (Å²) >= 11 is 0. The first-order valence-corrected chi connectivity index (χ1v) is 8.84. The van der Waals surface area contributed by atoms with Crippen LogP contribution in [-0.2, 0) is 6.54 Å². The molecule has 2 N–H and O–H groups in total. The molecule has 0 bridgehead atoms. The number of hydrogen-bond acceptors (Lipinski definition) is 5. The third-order valence-corrected chi connectivity index (χ3v) is 4.55. The number of rotatable bonds is 4. The van der Waals surface area contributed by atoms with Crippen molar-refractivity contribution >= 4 is 33.6 Å². The molecule has 0 atom stereocenters. The van der Waals surface area contributed by atoms with Crippen molar-refractivity contribution in [3.8, 4) is 12.3 Å². The van der Waals surface area contributed by atoms with E-state index in [0.717, 1.165) is 22.2 Å². The van der Waals surface area contributed by atoms with Gasteiger partial charge in [0.15, 0.2) is 17.3 Å². The number of anilines is 2. The van der Waals surface area contributed by atoms with Crippen LogP contribution in [0.5, 0.6) is 0 Å². The minimum atomic E-state index is -0.256. The van der Waals surface area contributed by atoms with Crippen LogP contribution < -0.4 is 5.32 Å². The number of aromatic nitrogens is 6. The van der Waals surface area contributed by atoms with Crippen LogP contribution in [0.4, 0.5) is 15.9 Å². The maximum atomic E-state index is 13.4. The molecular weight excluding hydrogens is 369 g/mol. The number of H-pyrrole nitrogens is 1. The Morgan fingerprint density at radius 3 is 2.97 bits per heavy atom. The van der Waals surface area contributed by atoms with E-state index < -0.39 is 0 Å². The Morgan fingerprint density at radius 1 is 1.17 bits per heavy atom. The molecule has 3 aromatic heterocycles. The third-order valence-electron chi connectivity index (χ3n) is 4.55. The Morgan fingerprint density at radius 2 is 2.10 bits per heavy atom. The summed E-state index contributed by atoms with van der Waals surface area (Å²) in [5, 5.41) is 8.65. The van der Waals surface area contributed by atoms with Gasteiger partial charge >= 0.3 is 0 Å². The van der Waals surface area contributed by atoms with Crippen molar-refractivity contribution in [1.82, 2.24) is 29.7 Å². The first-order valence-electron chi connectivity index (χ1n) is 8.84. The molecular formula is C21H14FN7. The van der Waals surface area contributed by atoms with Gasteiger partial charge in [0.05, 0.1) is 18.3 Å². The van der Waals surface area contributed by atoms with E-state index in [1.165, 1.54) is 18.5 Å². The van der Waals surface area contributed by atoms with Crippen LogP contribution in [0.1, 0.15) is 11.4 Å². The summed E-state index contributed by atoms with van der Waals surface area (Å²) in [5.74, 6) is 3.18. The SMILES string of the molecule is C#Cc1nc2ncnc(Nc3ccc4c(cnn4Cc4cccc(F)c4)c3)c2[nH]1. The predicted octanol–water partition coefficient (Wildman–Crippen LogP) is 3.61. The molecule has 0 unspecified atom stereocenters. The van der Waals surface area contributed by atoms with Crippen LogP contribution in [0.15, 0.2) is 55.0 Å². The molecule has 0 aliphatic rings. The first-order chi connectivity index (χ1) is 14.2. The second kappa shape index (κ2) is 6.73. The highest BCUT2D eigenvalue weighted by molar-refractivity contribution is 5.88. The standard InChI is InChI=1S/C21H14FN7/c1-2-18-27-19-20(23-12-24-21(19)28-18)26-16-6-7-17-14(9-16)10-25-29(17)11-13-4-3-5-15(22)8-13/h1,3-10,12H,11H2,(H2,23,24,26,27,28). The molecule has 0 amide bonds. The molecule has 3 heterocycles. The fourth-order valence-electron chi connectivity index (χ4n) is 3.23. The number of nitrogens with zero attached hydrogens (tertiary/aromatic N) is 5. The van der Waals surface area contributed by atoms with Crippen molar-refractivity contribution in [1.29, 1.82) is 0 Å². The van der Waals surface area contributed by atoms with Gasteiger partial charge in [-0.05, 0) is 41.8 Å². The van der Waals surface area contributed by atoms with E-state index in [1.54, 1.807) is 12.3 Å². The van der Waals surface area contributed by atoms with Crippen molar-refractivity contribution in [2.24, 2.45) is 0 Å². The van der Waals surface area contributed by atoms with Crippen molar-refractivity contribution < 1.29 is 4.39 Å². The van der Waals surface area contributed by atoms with Gasteiger partial charge in [0.25, 0.3) is 0 Å². The van der Waals surface area contributed by atoms with Crippen molar-refractivity contribution in [2.45, 2.75) is 6.54 Å². The second-order valence-electron chi connectivity index (χ2n) is 6.48. The molecule has 0 aliphatic heterocycles. The summed E-state index contributed by atoms with van der Waals surface area (Å²) in [7, 11) is 0. The monoisotopic (exact) mass is 383 g/mol. The van der Waals surface area contributed by atoms with Gasteiger partial charge in [-0.1, -0.05) is 12.1 Å². The lowest BCUT2D eigenvalue weighted by Gasteiger charge is -2.07. The fraction of sp³-hybridized carbons (Fsp3) is 0.0476. The molecule has 0 spiro atoms. The lowest BCUT2D eigenvalue weighted by molar-refractivity contribution is 0.621. The molecule has 0 radical (unpaired) electrons. The fourth-order valence-corrected chi connectivity index (χ4v) is 3.23. The van der Waals surface area contributed by atoms with Gasteiger partial charge < -0.3 is 10.3 Å². The van der Waals surface area contributed by atoms with Gasteiger partial charge in [0.2, 0.25) is 0 Å². The number of fused-ring (bicyclic) bond motifs is 2. The number of imidazole rings is 1. The number of hydrogen-bond donors (Lipinski definition) is 2. The first kappa shape index (κ1) is 16.9. The number of halogens is 1. The predicted molar refractivity (Wildman–Crippen MR) is 108 cm³/mol. The molecule has 0 saturated carbocycles. The van der Waals surface area contributed by atoms with Crippen LogP contribution in [0.25, 0.3) is 22.1 Å². The normalized spacial score (nSPS) is 11.0. The molecule has 7 nitrogen and oxygen atoms in total. The molecule has 2 aromatic carbocycles. The Bertz CT molecular complexity index is 1390. The summed E-state index contributed by atoms with van der Waals surface area (Å²) in [6, 6.07) is 12.4. The second-order valence-corrected chi connectivity index (χ2v) is 6.48. The topological polar surface area (TPSA) is 84.3 Å². The van der Waals surface area contributed by atoms with Crippen LogP contribution in [0, 0.1) is 18.2 Å². The average Bonchev–Trinajstić information content (AvgIpc) is 3.32. The maximum absolute atomic E-state index is 13.4. The molecule has 140 valence electrons. The summed E-state index contributed by atoms with van der Waals surface area (Å²) in [6.45, 7) is 0.490. The van der Waals surface area contributed by atoms with Gasteiger partial charge in [-0.15, -0.1) is 6.42 Å². The van der Waals surface area contributed by atoms with E-state index in [-0.39, 0.29) is 5.82 Å². The summed E-state index contributed by atoms with van der Waals surface area (Å²) in [6.07, 6.45) is 8.61. The molecule has 29 heavy (non-hydrogen) atoms. The Hall–Kier alpha value is -4.25. The Labute approximate surface area is 164 Å². The van der Waals surface area contributed by atoms with E-state index in [9.17, 15) is 4.39 Å². The lowest BCUT2D eigenvalue weighted by atomic mass is 10.2. The molecule has 8 heteroatoms. The van der Waals surface area contributed by atoms with E-state index in [4.69, 9.17) is 6.42 Å². The number of benzene rings is 2. The quantitative estimate of drug-likeness (QED) is 0.463. The summed E-state index contributed by atoms with van der Waals surface area (Å²) in [4.78, 5) is 15.6. The molecule has 0 fully saturated rings. The summed E-state index contributed by atoms with van der Waals surface area (Å²) in [5.41, 5.74) is 3.77. The van der Waals surface area contributed by atoms with Crippen LogP contribution in [-0.4, -0.2) is 29.7 Å². The highest BCUT2D eigenvalue weighted by Gasteiger charge is 2.10. The van der Waals surface area contributed by atoms with Crippen molar-refractivity contribution in [3.05, 3.63) is 72.2 Å². The zero-order valence-electron chi connectivity index (χ0n) is 15.1. The van der Waals surface area contributed by atoms with Crippen molar-refractivity contribution in [3.63, 3.8) is 0 Å². The minimum absolute atomic E-state index is 0.256. The van der Waals surface area contributed by atoms with Crippen LogP contribution >= 0.6 is 0 Å². The molecule has 0 saturated heterocycles.